The van der Waals surface area contributed by atoms with E-state index in [9.17, 15) is 9.59 Å². The molecule has 1 N–H and O–H groups in total. The largest absolute Gasteiger partial charge is 0.490 e. The van der Waals surface area contributed by atoms with Crippen LogP contribution in [0.1, 0.15) is 54.4 Å². The summed E-state index contributed by atoms with van der Waals surface area (Å²) in [6.45, 7) is 1.23. The molecule has 2 aliphatic rings. The number of nitrogens with one attached hydrogen (secondary N) is 1. The molecule has 0 radical (unpaired) electrons. The normalized spacial score (nSPS) is 15.9. The van der Waals surface area contributed by atoms with Gasteiger partial charge in [-0.1, -0.05) is 24.3 Å². The molecule has 1 aliphatic heterocycles. The summed E-state index contributed by atoms with van der Waals surface area (Å²) in [7, 11) is 0. The topological polar surface area (TPSA) is 58.6 Å². The van der Waals surface area contributed by atoms with E-state index in [1.54, 1.807) is 12.1 Å². The number of para-hydroxylation sites is 1. The van der Waals surface area contributed by atoms with Crippen LogP contribution in [-0.2, 0) is 11.2 Å². The van der Waals surface area contributed by atoms with Crippen LogP contribution in [0.5, 0.6) is 5.75 Å². The molecule has 0 saturated heterocycles. The van der Waals surface area contributed by atoms with E-state index in [0.717, 1.165) is 37.2 Å². The van der Waals surface area contributed by atoms with Gasteiger partial charge in [-0.05, 0) is 68.4 Å². The highest BCUT2D eigenvalue weighted by atomic mass is 16.5. The third kappa shape index (κ3) is 4.78. The van der Waals surface area contributed by atoms with Crippen LogP contribution in [0.25, 0.3) is 0 Å². The number of hydrogen-bond donors (Lipinski definition) is 1. The molecular formula is C24H28N2O3. The summed E-state index contributed by atoms with van der Waals surface area (Å²) in [5.74, 6) is 0.754. The summed E-state index contributed by atoms with van der Waals surface area (Å²) in [4.78, 5) is 26.8. The maximum Gasteiger partial charge on any atom is 0.251 e. The minimum Gasteiger partial charge on any atom is -0.490 e. The van der Waals surface area contributed by atoms with Gasteiger partial charge in [0.05, 0.1) is 6.10 Å². The molecule has 5 nitrogen and oxygen atoms in total. The highest BCUT2D eigenvalue weighted by molar-refractivity contribution is 5.96. The van der Waals surface area contributed by atoms with Gasteiger partial charge in [0.1, 0.15) is 5.75 Å². The van der Waals surface area contributed by atoms with Crippen molar-refractivity contribution in [2.75, 3.05) is 18.0 Å². The first-order valence-electron chi connectivity index (χ1n) is 10.6. The lowest BCUT2D eigenvalue weighted by molar-refractivity contribution is -0.118. The zero-order valence-electron chi connectivity index (χ0n) is 16.7. The second kappa shape index (κ2) is 9.12. The molecule has 29 heavy (non-hydrogen) atoms. The Balaban J connectivity index is 1.23. The van der Waals surface area contributed by atoms with Crippen LogP contribution in [0.15, 0.2) is 48.5 Å². The predicted octanol–water partition coefficient (Wildman–Crippen LogP) is 4.11. The Kier molecular flexibility index (Phi) is 6.13. The minimum absolute atomic E-state index is 0.121. The van der Waals surface area contributed by atoms with Crippen molar-refractivity contribution in [1.29, 1.82) is 0 Å². The lowest BCUT2D eigenvalue weighted by Crippen LogP contribution is -2.30. The first-order chi connectivity index (χ1) is 14.2. The van der Waals surface area contributed by atoms with E-state index in [-0.39, 0.29) is 17.9 Å². The van der Waals surface area contributed by atoms with Gasteiger partial charge >= 0.3 is 0 Å². The van der Waals surface area contributed by atoms with Crippen LogP contribution in [0.2, 0.25) is 0 Å². The number of nitrogens with zero attached hydrogens (tertiary/aromatic N) is 1. The molecule has 1 fully saturated rings. The van der Waals surface area contributed by atoms with Gasteiger partial charge in [-0.3, -0.25) is 9.59 Å². The summed E-state index contributed by atoms with van der Waals surface area (Å²) in [5, 5.41) is 2.92. The molecular weight excluding hydrogens is 364 g/mol. The second-order valence-corrected chi connectivity index (χ2v) is 7.84. The molecule has 0 bridgehead atoms. The SMILES string of the molecule is O=C(NCCCC(=O)N1CCc2ccccc21)c1cccc(OC2CCCC2)c1. The van der Waals surface area contributed by atoms with Crippen molar-refractivity contribution >= 4 is 17.5 Å². The van der Waals surface area contributed by atoms with Gasteiger partial charge < -0.3 is 15.0 Å². The summed E-state index contributed by atoms with van der Waals surface area (Å²) < 4.78 is 5.98. The first kappa shape index (κ1) is 19.5. The van der Waals surface area contributed by atoms with Crippen molar-refractivity contribution < 1.29 is 14.3 Å². The lowest BCUT2D eigenvalue weighted by Gasteiger charge is -2.17. The van der Waals surface area contributed by atoms with Crippen molar-refractivity contribution in [3.05, 3.63) is 59.7 Å². The predicted molar refractivity (Wildman–Crippen MR) is 113 cm³/mol. The van der Waals surface area contributed by atoms with E-state index in [4.69, 9.17) is 4.74 Å². The highest BCUT2D eigenvalue weighted by Crippen LogP contribution is 2.28. The Bertz CT molecular complexity index is 874. The number of ether oxygens (including phenoxy) is 1. The van der Waals surface area contributed by atoms with Crippen LogP contribution in [-0.4, -0.2) is 31.0 Å². The van der Waals surface area contributed by atoms with Crippen LogP contribution >= 0.6 is 0 Å². The summed E-state index contributed by atoms with van der Waals surface area (Å²) in [5.41, 5.74) is 2.86. The second-order valence-electron chi connectivity index (χ2n) is 7.84. The van der Waals surface area contributed by atoms with Gasteiger partial charge in [0.25, 0.3) is 5.91 Å². The molecule has 5 heteroatoms. The van der Waals surface area contributed by atoms with Gasteiger partial charge in [-0.2, -0.15) is 0 Å². The standard InChI is InChI=1S/C24H28N2O3/c27-23(26-16-14-18-7-1-4-12-22(18)26)13-6-15-25-24(28)19-8-5-11-21(17-19)29-20-9-2-3-10-20/h1,4-5,7-8,11-12,17,20H,2-3,6,9-10,13-16H2,(H,25,28). The number of amides is 2. The molecule has 0 unspecified atom stereocenters. The fraction of sp³-hybridized carbons (Fsp3) is 0.417. The van der Waals surface area contributed by atoms with Gasteiger partial charge in [-0.15, -0.1) is 0 Å². The summed E-state index contributed by atoms with van der Waals surface area (Å²) in [6.07, 6.45) is 6.85. The van der Waals surface area contributed by atoms with Crippen molar-refractivity contribution in [2.45, 2.75) is 51.0 Å². The van der Waals surface area contributed by atoms with Crippen molar-refractivity contribution in [3.8, 4) is 5.75 Å². The van der Waals surface area contributed by atoms with E-state index in [1.165, 1.54) is 18.4 Å². The number of carbonyl (C=O) groups excluding carboxylic acids is 2. The minimum atomic E-state index is -0.124. The number of benzene rings is 2. The maximum atomic E-state index is 12.5. The maximum absolute atomic E-state index is 12.5. The summed E-state index contributed by atoms with van der Waals surface area (Å²) >= 11 is 0. The molecule has 2 aromatic carbocycles. The van der Waals surface area contributed by atoms with E-state index in [2.05, 4.69) is 11.4 Å². The molecule has 4 rings (SSSR count). The molecule has 1 aliphatic carbocycles. The average molecular weight is 392 g/mol. The molecule has 2 amide bonds. The number of carbonyl (C=O) groups is 2. The Morgan fingerprint density at radius 3 is 2.76 bits per heavy atom. The molecule has 0 aromatic heterocycles. The van der Waals surface area contributed by atoms with Gasteiger partial charge in [0.15, 0.2) is 0 Å². The highest BCUT2D eigenvalue weighted by Gasteiger charge is 2.23. The number of hydrogen-bond acceptors (Lipinski definition) is 3. The molecule has 0 atom stereocenters. The summed E-state index contributed by atoms with van der Waals surface area (Å²) in [6, 6.07) is 15.4. The van der Waals surface area contributed by atoms with Gasteiger partial charge in [-0.25, -0.2) is 0 Å². The van der Waals surface area contributed by atoms with Crippen LogP contribution < -0.4 is 15.0 Å². The molecule has 1 heterocycles. The molecule has 2 aromatic rings. The van der Waals surface area contributed by atoms with Crippen LogP contribution in [0.3, 0.4) is 0 Å². The average Bonchev–Trinajstić information content (AvgIpc) is 3.41. The Labute approximate surface area is 172 Å². The third-order valence-corrected chi connectivity index (χ3v) is 5.74. The quantitative estimate of drug-likeness (QED) is 0.722. The fourth-order valence-corrected chi connectivity index (χ4v) is 4.19. The number of anilines is 1. The van der Waals surface area contributed by atoms with E-state index < -0.39 is 0 Å². The zero-order chi connectivity index (χ0) is 20.1. The Hall–Kier alpha value is -2.82. The van der Waals surface area contributed by atoms with Crippen molar-refractivity contribution in [1.82, 2.24) is 5.32 Å². The van der Waals surface area contributed by atoms with Crippen molar-refractivity contribution in [2.24, 2.45) is 0 Å². The first-order valence-corrected chi connectivity index (χ1v) is 10.6. The Morgan fingerprint density at radius 2 is 1.90 bits per heavy atom. The molecule has 152 valence electrons. The van der Waals surface area contributed by atoms with E-state index in [1.807, 2.05) is 35.2 Å². The van der Waals surface area contributed by atoms with E-state index >= 15 is 0 Å². The molecule has 0 spiro atoms. The number of rotatable bonds is 7. The zero-order valence-corrected chi connectivity index (χ0v) is 16.7. The van der Waals surface area contributed by atoms with Gasteiger partial charge in [0.2, 0.25) is 5.91 Å². The fourth-order valence-electron chi connectivity index (χ4n) is 4.19. The van der Waals surface area contributed by atoms with Crippen LogP contribution in [0, 0.1) is 0 Å². The lowest BCUT2D eigenvalue weighted by atomic mass is 10.2. The monoisotopic (exact) mass is 392 g/mol. The smallest absolute Gasteiger partial charge is 0.251 e. The van der Waals surface area contributed by atoms with Crippen molar-refractivity contribution in [3.63, 3.8) is 0 Å². The van der Waals surface area contributed by atoms with Gasteiger partial charge in [0, 0.05) is 30.8 Å². The van der Waals surface area contributed by atoms with Crippen LogP contribution in [0.4, 0.5) is 5.69 Å². The van der Waals surface area contributed by atoms with E-state index in [0.29, 0.717) is 24.9 Å². The number of fused-ring (bicyclic) bond motifs is 1. The Morgan fingerprint density at radius 1 is 1.07 bits per heavy atom. The molecule has 1 saturated carbocycles. The third-order valence-electron chi connectivity index (χ3n) is 5.74.